The first kappa shape index (κ1) is 10.9. The second kappa shape index (κ2) is 4.51. The second-order valence-corrected chi connectivity index (χ2v) is 4.58. The molecule has 1 aromatic carbocycles. The number of carbonyl (C=O) groups is 1. The van der Waals surface area contributed by atoms with Crippen molar-refractivity contribution in [3.63, 3.8) is 0 Å². The molecular formula is C12H13IO2. The summed E-state index contributed by atoms with van der Waals surface area (Å²) in [6.45, 7) is 0. The van der Waals surface area contributed by atoms with Crippen LogP contribution >= 0.6 is 22.6 Å². The van der Waals surface area contributed by atoms with Crippen molar-refractivity contribution in [2.75, 3.05) is 4.43 Å². The summed E-state index contributed by atoms with van der Waals surface area (Å²) in [5.74, 6) is -0.0678. The van der Waals surface area contributed by atoms with Crippen LogP contribution in [0.25, 0.3) is 0 Å². The van der Waals surface area contributed by atoms with Crippen LogP contribution in [0.2, 0.25) is 0 Å². The van der Waals surface area contributed by atoms with E-state index in [-0.39, 0.29) is 11.6 Å². The van der Waals surface area contributed by atoms with Crippen molar-refractivity contribution in [1.29, 1.82) is 0 Å². The van der Waals surface area contributed by atoms with Gasteiger partial charge in [0.15, 0.2) is 0 Å². The standard InChI is InChI=1S/C12H13IO2/c13-9-12(8-4-7-11(14)15-12)10-5-2-1-3-6-10/h1-3,5-6H,4,7-9H2. The molecule has 3 heteroatoms. The minimum absolute atomic E-state index is 0.0678. The predicted molar refractivity (Wildman–Crippen MR) is 67.0 cm³/mol. The number of carbonyl (C=O) groups excluding carboxylic acids is 1. The van der Waals surface area contributed by atoms with Gasteiger partial charge in [-0.2, -0.15) is 0 Å². The highest BCUT2D eigenvalue weighted by Crippen LogP contribution is 2.37. The van der Waals surface area contributed by atoms with Crippen LogP contribution in [0.4, 0.5) is 0 Å². The highest BCUT2D eigenvalue weighted by atomic mass is 127. The van der Waals surface area contributed by atoms with Crippen molar-refractivity contribution in [2.45, 2.75) is 24.9 Å². The van der Waals surface area contributed by atoms with Gasteiger partial charge in [-0.1, -0.05) is 52.9 Å². The molecule has 0 bridgehead atoms. The Balaban J connectivity index is 2.32. The third-order valence-electron chi connectivity index (χ3n) is 2.79. The van der Waals surface area contributed by atoms with Gasteiger partial charge < -0.3 is 4.74 Å². The average Bonchev–Trinajstić information content (AvgIpc) is 2.30. The molecule has 15 heavy (non-hydrogen) atoms. The van der Waals surface area contributed by atoms with E-state index in [9.17, 15) is 4.79 Å². The van der Waals surface area contributed by atoms with E-state index in [0.29, 0.717) is 6.42 Å². The molecule has 80 valence electrons. The monoisotopic (exact) mass is 316 g/mol. The Labute approximate surface area is 103 Å². The van der Waals surface area contributed by atoms with Crippen molar-refractivity contribution >= 4 is 28.6 Å². The van der Waals surface area contributed by atoms with E-state index >= 15 is 0 Å². The lowest BCUT2D eigenvalue weighted by molar-refractivity contribution is -0.165. The number of alkyl halides is 1. The zero-order valence-electron chi connectivity index (χ0n) is 8.41. The molecule has 2 nitrogen and oxygen atoms in total. The Hall–Kier alpha value is -0.580. The largest absolute Gasteiger partial charge is 0.453 e. The van der Waals surface area contributed by atoms with Crippen LogP contribution in [0.5, 0.6) is 0 Å². The molecule has 0 radical (unpaired) electrons. The van der Waals surface area contributed by atoms with Crippen molar-refractivity contribution in [1.82, 2.24) is 0 Å². The van der Waals surface area contributed by atoms with E-state index in [4.69, 9.17) is 4.74 Å². The first-order chi connectivity index (χ1) is 7.27. The number of esters is 1. The van der Waals surface area contributed by atoms with Crippen LogP contribution in [0.1, 0.15) is 24.8 Å². The molecule has 2 rings (SSSR count). The molecule has 1 aliphatic rings. The molecule has 0 saturated carbocycles. The Morgan fingerprint density at radius 1 is 1.33 bits per heavy atom. The van der Waals surface area contributed by atoms with Crippen molar-refractivity contribution in [3.8, 4) is 0 Å². The van der Waals surface area contributed by atoms with Gasteiger partial charge >= 0.3 is 5.97 Å². The Kier molecular flexibility index (Phi) is 3.29. The van der Waals surface area contributed by atoms with Crippen LogP contribution in [-0.2, 0) is 15.1 Å². The molecule has 0 aliphatic carbocycles. The van der Waals surface area contributed by atoms with Crippen LogP contribution in [0, 0.1) is 0 Å². The number of benzene rings is 1. The van der Waals surface area contributed by atoms with Crippen molar-refractivity contribution in [3.05, 3.63) is 35.9 Å². The molecule has 1 unspecified atom stereocenters. The Morgan fingerprint density at radius 2 is 2.07 bits per heavy atom. The Morgan fingerprint density at radius 3 is 2.67 bits per heavy atom. The van der Waals surface area contributed by atoms with Crippen LogP contribution in [-0.4, -0.2) is 10.4 Å². The maximum Gasteiger partial charge on any atom is 0.306 e. The van der Waals surface area contributed by atoms with Crippen molar-refractivity contribution in [2.24, 2.45) is 0 Å². The predicted octanol–water partition coefficient (Wildman–Crippen LogP) is 3.04. The summed E-state index contributed by atoms with van der Waals surface area (Å²) in [6.07, 6.45) is 2.42. The first-order valence-corrected chi connectivity index (χ1v) is 6.63. The van der Waals surface area contributed by atoms with Gasteiger partial charge in [-0.15, -0.1) is 0 Å². The molecular weight excluding hydrogens is 303 g/mol. The lowest BCUT2D eigenvalue weighted by Crippen LogP contribution is -2.37. The fourth-order valence-electron chi connectivity index (χ4n) is 1.95. The zero-order chi connectivity index (χ0) is 10.7. The highest BCUT2D eigenvalue weighted by Gasteiger charge is 2.37. The fraction of sp³-hybridized carbons (Fsp3) is 0.417. The lowest BCUT2D eigenvalue weighted by Gasteiger charge is -2.35. The van der Waals surface area contributed by atoms with Gasteiger partial charge in [-0.25, -0.2) is 0 Å². The van der Waals surface area contributed by atoms with Gasteiger partial charge in [0.1, 0.15) is 5.60 Å². The number of halogens is 1. The summed E-state index contributed by atoms with van der Waals surface area (Å²) in [5, 5.41) is 0. The van der Waals surface area contributed by atoms with Crippen LogP contribution < -0.4 is 0 Å². The van der Waals surface area contributed by atoms with Gasteiger partial charge in [-0.05, 0) is 18.4 Å². The van der Waals surface area contributed by atoms with Crippen LogP contribution in [0.15, 0.2) is 30.3 Å². The SMILES string of the molecule is O=C1CCCC(CI)(c2ccccc2)O1. The second-order valence-electron chi connectivity index (χ2n) is 3.82. The fourth-order valence-corrected chi connectivity index (χ4v) is 2.93. The molecule has 0 spiro atoms. The maximum atomic E-state index is 11.4. The van der Waals surface area contributed by atoms with Gasteiger partial charge in [-0.3, -0.25) is 4.79 Å². The third-order valence-corrected chi connectivity index (χ3v) is 4.02. The molecule has 1 atom stereocenters. The Bertz CT molecular complexity index is 350. The van der Waals surface area contributed by atoms with E-state index in [1.165, 1.54) is 0 Å². The molecule has 0 aromatic heterocycles. The molecule has 0 amide bonds. The smallest absolute Gasteiger partial charge is 0.306 e. The molecule has 1 saturated heterocycles. The summed E-state index contributed by atoms with van der Waals surface area (Å²) in [5.41, 5.74) is 0.740. The van der Waals surface area contributed by atoms with E-state index in [1.807, 2.05) is 30.3 Å². The van der Waals surface area contributed by atoms with E-state index < -0.39 is 0 Å². The molecule has 0 N–H and O–H groups in total. The normalized spacial score (nSPS) is 26.1. The van der Waals surface area contributed by atoms with E-state index in [2.05, 4.69) is 22.6 Å². The van der Waals surface area contributed by atoms with E-state index in [0.717, 1.165) is 22.8 Å². The van der Waals surface area contributed by atoms with Crippen LogP contribution in [0.3, 0.4) is 0 Å². The average molecular weight is 316 g/mol. The number of hydrogen-bond donors (Lipinski definition) is 0. The molecule has 1 aromatic rings. The summed E-state index contributed by atoms with van der Waals surface area (Å²) in [7, 11) is 0. The third kappa shape index (κ3) is 2.17. The maximum absolute atomic E-state index is 11.4. The lowest BCUT2D eigenvalue weighted by atomic mass is 9.88. The summed E-state index contributed by atoms with van der Waals surface area (Å²) < 4.78 is 6.38. The van der Waals surface area contributed by atoms with Gasteiger partial charge in [0.05, 0.1) is 0 Å². The number of rotatable bonds is 2. The van der Waals surface area contributed by atoms with Gasteiger partial charge in [0, 0.05) is 10.8 Å². The molecule has 1 aliphatic heterocycles. The summed E-state index contributed by atoms with van der Waals surface area (Å²) in [6, 6.07) is 10.0. The molecule has 1 fully saturated rings. The van der Waals surface area contributed by atoms with Gasteiger partial charge in [0.2, 0.25) is 0 Å². The molecule has 1 heterocycles. The number of cyclic esters (lactones) is 1. The number of hydrogen-bond acceptors (Lipinski definition) is 2. The van der Waals surface area contributed by atoms with E-state index in [1.54, 1.807) is 0 Å². The number of ether oxygens (including phenoxy) is 1. The van der Waals surface area contributed by atoms with Gasteiger partial charge in [0.25, 0.3) is 0 Å². The summed E-state index contributed by atoms with van der Waals surface area (Å²) >= 11 is 2.30. The summed E-state index contributed by atoms with van der Waals surface area (Å²) in [4.78, 5) is 11.4. The topological polar surface area (TPSA) is 26.3 Å². The minimum Gasteiger partial charge on any atom is -0.453 e. The minimum atomic E-state index is -0.378. The first-order valence-electron chi connectivity index (χ1n) is 5.10. The quantitative estimate of drug-likeness (QED) is 0.476. The zero-order valence-corrected chi connectivity index (χ0v) is 10.6. The highest BCUT2D eigenvalue weighted by molar-refractivity contribution is 14.1. The van der Waals surface area contributed by atoms with Crippen molar-refractivity contribution < 1.29 is 9.53 Å².